The Morgan fingerprint density at radius 2 is 2.06 bits per heavy atom. The number of nitriles is 1. The van der Waals surface area contributed by atoms with E-state index >= 15 is 0 Å². The number of benzene rings is 1. The minimum absolute atomic E-state index is 0.0307. The van der Waals surface area contributed by atoms with Crippen molar-refractivity contribution in [3.63, 3.8) is 0 Å². The molecule has 2 aromatic heterocycles. The number of fused-ring (bicyclic) bond motifs is 1. The number of hydrogen-bond donors (Lipinski definition) is 2. The summed E-state index contributed by atoms with van der Waals surface area (Å²) in [5.74, 6) is -0.246. The molecule has 0 radical (unpaired) electrons. The standard InChI is InChI=1S/C25H25N5O3S/c1-33-21-5-3-2-4-20(21)19(14-26)12-23(31)29-24-13-18-8-11-30(16-22(18)34-24)25(32)28-15-17-6-9-27-10-7-17/h2-7,9-10,13,19H,8,11-12,15-16H2,1H3,(H,28,32)(H,29,31). The third-order valence-electron chi connectivity index (χ3n) is 5.68. The molecule has 34 heavy (non-hydrogen) atoms. The van der Waals surface area contributed by atoms with Crippen LogP contribution in [-0.2, 0) is 24.3 Å². The molecule has 0 fully saturated rings. The molecule has 3 heterocycles. The fourth-order valence-electron chi connectivity index (χ4n) is 3.90. The van der Waals surface area contributed by atoms with Crippen LogP contribution in [0.4, 0.5) is 9.80 Å². The van der Waals surface area contributed by atoms with Crippen LogP contribution >= 0.6 is 11.3 Å². The van der Waals surface area contributed by atoms with Crippen molar-refractivity contribution < 1.29 is 14.3 Å². The first kappa shape index (κ1) is 23.3. The number of nitrogens with one attached hydrogen (secondary N) is 2. The molecule has 0 spiro atoms. The zero-order chi connectivity index (χ0) is 23.9. The molecule has 1 atom stereocenters. The van der Waals surface area contributed by atoms with Gasteiger partial charge in [-0.25, -0.2) is 4.79 Å². The summed E-state index contributed by atoms with van der Waals surface area (Å²) < 4.78 is 5.33. The summed E-state index contributed by atoms with van der Waals surface area (Å²) in [6.45, 7) is 1.56. The quantitative estimate of drug-likeness (QED) is 0.536. The lowest BCUT2D eigenvalue weighted by Crippen LogP contribution is -2.42. The smallest absolute Gasteiger partial charge is 0.318 e. The number of thiophene rings is 1. The van der Waals surface area contributed by atoms with Gasteiger partial charge < -0.3 is 20.3 Å². The second-order valence-electron chi connectivity index (χ2n) is 7.92. The Morgan fingerprint density at radius 3 is 2.82 bits per heavy atom. The van der Waals surface area contributed by atoms with Gasteiger partial charge in [-0.15, -0.1) is 11.3 Å². The average molecular weight is 476 g/mol. The van der Waals surface area contributed by atoms with E-state index in [2.05, 4.69) is 21.7 Å². The van der Waals surface area contributed by atoms with Crippen LogP contribution in [0.5, 0.6) is 5.75 Å². The van der Waals surface area contributed by atoms with Gasteiger partial charge in [-0.3, -0.25) is 9.78 Å². The van der Waals surface area contributed by atoms with Crippen LogP contribution in [0.1, 0.15) is 33.9 Å². The van der Waals surface area contributed by atoms with E-state index in [1.165, 1.54) is 11.3 Å². The van der Waals surface area contributed by atoms with Crippen LogP contribution in [0.25, 0.3) is 0 Å². The molecule has 0 saturated carbocycles. The van der Waals surface area contributed by atoms with Crippen molar-refractivity contribution in [2.75, 3.05) is 19.0 Å². The Morgan fingerprint density at radius 1 is 1.26 bits per heavy atom. The third-order valence-corrected chi connectivity index (χ3v) is 6.76. The first-order valence-electron chi connectivity index (χ1n) is 10.9. The number of pyridine rings is 1. The molecule has 1 aliphatic heterocycles. The highest BCUT2D eigenvalue weighted by Crippen LogP contribution is 2.33. The van der Waals surface area contributed by atoms with Crippen LogP contribution in [0.3, 0.4) is 0 Å². The van der Waals surface area contributed by atoms with Crippen LogP contribution in [0.2, 0.25) is 0 Å². The van der Waals surface area contributed by atoms with Crippen LogP contribution in [-0.4, -0.2) is 35.5 Å². The summed E-state index contributed by atoms with van der Waals surface area (Å²) in [5, 5.41) is 16.2. The Hall–Kier alpha value is -3.90. The summed E-state index contributed by atoms with van der Waals surface area (Å²) in [4.78, 5) is 32.1. The minimum Gasteiger partial charge on any atom is -0.496 e. The number of methoxy groups -OCH3 is 1. The summed E-state index contributed by atoms with van der Waals surface area (Å²) >= 11 is 1.47. The Balaban J connectivity index is 1.34. The number of anilines is 1. The van der Waals surface area contributed by atoms with Crippen LogP contribution in [0, 0.1) is 11.3 Å². The maximum Gasteiger partial charge on any atom is 0.318 e. The van der Waals surface area contributed by atoms with E-state index in [1.54, 1.807) is 36.5 Å². The predicted molar refractivity (Wildman–Crippen MR) is 130 cm³/mol. The van der Waals surface area contributed by atoms with Crippen molar-refractivity contribution in [3.8, 4) is 11.8 Å². The fourth-order valence-corrected chi connectivity index (χ4v) is 5.04. The lowest BCUT2D eigenvalue weighted by molar-refractivity contribution is -0.116. The molecular formula is C25H25N5O3S. The zero-order valence-corrected chi connectivity index (χ0v) is 19.6. The van der Waals surface area contributed by atoms with Gasteiger partial charge in [-0.2, -0.15) is 5.26 Å². The van der Waals surface area contributed by atoms with Gasteiger partial charge in [0.2, 0.25) is 5.91 Å². The van der Waals surface area contributed by atoms with Crippen molar-refractivity contribution >= 4 is 28.3 Å². The molecular weight excluding hydrogens is 450 g/mol. The number of rotatable bonds is 7. The molecule has 3 amide bonds. The maximum absolute atomic E-state index is 12.7. The van der Waals surface area contributed by atoms with Crippen molar-refractivity contribution in [1.29, 1.82) is 5.26 Å². The molecule has 1 aromatic carbocycles. The number of ether oxygens (including phenoxy) is 1. The number of hydrogen-bond acceptors (Lipinski definition) is 6. The number of aromatic nitrogens is 1. The predicted octanol–water partition coefficient (Wildman–Crippen LogP) is 4.06. The van der Waals surface area contributed by atoms with Gasteiger partial charge in [-0.05, 0) is 41.8 Å². The van der Waals surface area contributed by atoms with E-state index in [0.717, 1.165) is 27.4 Å². The summed E-state index contributed by atoms with van der Waals surface area (Å²) in [7, 11) is 1.55. The number of urea groups is 1. The molecule has 174 valence electrons. The lowest BCUT2D eigenvalue weighted by atomic mass is 9.96. The van der Waals surface area contributed by atoms with Crippen LogP contribution < -0.4 is 15.4 Å². The van der Waals surface area contributed by atoms with Crippen LogP contribution in [0.15, 0.2) is 54.9 Å². The van der Waals surface area contributed by atoms with Crippen molar-refractivity contribution in [1.82, 2.24) is 15.2 Å². The molecule has 0 aliphatic carbocycles. The van der Waals surface area contributed by atoms with Crippen molar-refractivity contribution in [2.24, 2.45) is 0 Å². The molecule has 2 N–H and O–H groups in total. The molecule has 9 heteroatoms. The van der Waals surface area contributed by atoms with Gasteiger partial charge in [0, 0.05) is 42.3 Å². The highest BCUT2D eigenvalue weighted by molar-refractivity contribution is 7.16. The zero-order valence-electron chi connectivity index (χ0n) is 18.8. The molecule has 4 rings (SSSR count). The van der Waals surface area contributed by atoms with Gasteiger partial charge in [0.1, 0.15) is 5.75 Å². The van der Waals surface area contributed by atoms with E-state index < -0.39 is 5.92 Å². The van der Waals surface area contributed by atoms with E-state index in [-0.39, 0.29) is 18.4 Å². The lowest BCUT2D eigenvalue weighted by Gasteiger charge is -2.27. The molecule has 0 saturated heterocycles. The van der Waals surface area contributed by atoms with E-state index in [4.69, 9.17) is 4.74 Å². The topological polar surface area (TPSA) is 107 Å². The number of carbonyl (C=O) groups is 2. The molecule has 3 aromatic rings. The second-order valence-corrected chi connectivity index (χ2v) is 9.06. The summed E-state index contributed by atoms with van der Waals surface area (Å²) in [6.07, 6.45) is 4.16. The Bertz CT molecular complexity index is 1200. The molecule has 0 bridgehead atoms. The molecule has 1 unspecified atom stereocenters. The maximum atomic E-state index is 12.7. The van der Waals surface area contributed by atoms with Gasteiger partial charge in [-0.1, -0.05) is 18.2 Å². The van der Waals surface area contributed by atoms with E-state index in [9.17, 15) is 14.9 Å². The van der Waals surface area contributed by atoms with Gasteiger partial charge in [0.25, 0.3) is 0 Å². The monoisotopic (exact) mass is 475 g/mol. The first-order valence-corrected chi connectivity index (χ1v) is 11.7. The Labute approximate surface area is 202 Å². The average Bonchev–Trinajstić information content (AvgIpc) is 3.27. The van der Waals surface area contributed by atoms with Gasteiger partial charge >= 0.3 is 6.03 Å². The van der Waals surface area contributed by atoms with E-state index in [1.807, 2.05) is 30.3 Å². The van der Waals surface area contributed by atoms with Crippen molar-refractivity contribution in [2.45, 2.75) is 31.8 Å². The number of nitrogens with zero attached hydrogens (tertiary/aromatic N) is 3. The van der Waals surface area contributed by atoms with E-state index in [0.29, 0.717) is 30.9 Å². The number of para-hydroxylation sites is 1. The van der Waals surface area contributed by atoms with Gasteiger partial charge in [0.15, 0.2) is 0 Å². The summed E-state index contributed by atoms with van der Waals surface area (Å²) in [6, 6.07) is 15.0. The second kappa shape index (κ2) is 10.8. The number of carbonyl (C=O) groups excluding carboxylic acids is 2. The Kier molecular flexibility index (Phi) is 7.40. The van der Waals surface area contributed by atoms with Crippen molar-refractivity contribution in [3.05, 3.63) is 76.4 Å². The third kappa shape index (κ3) is 5.53. The highest BCUT2D eigenvalue weighted by Gasteiger charge is 2.24. The summed E-state index contributed by atoms with van der Waals surface area (Å²) in [5.41, 5.74) is 2.83. The SMILES string of the molecule is COc1ccccc1C(C#N)CC(=O)Nc1cc2c(s1)CN(C(=O)NCc1ccncc1)CC2. The van der Waals surface area contributed by atoms with Gasteiger partial charge in [0.05, 0.1) is 30.6 Å². The largest absolute Gasteiger partial charge is 0.496 e. The normalized spacial score (nSPS) is 13.4. The molecule has 1 aliphatic rings. The molecule has 8 nitrogen and oxygen atoms in total. The minimum atomic E-state index is -0.606. The highest BCUT2D eigenvalue weighted by atomic mass is 32.1. The first-order chi connectivity index (χ1) is 16.6. The fraction of sp³-hybridized carbons (Fsp3) is 0.280. The number of amides is 3.